The molecule has 0 N–H and O–H groups in total. The minimum absolute atomic E-state index is 0.0568. The minimum Gasteiger partial charge on any atom is -0.457 e. The number of benzene rings is 2. The van der Waals surface area contributed by atoms with Crippen LogP contribution in [0.3, 0.4) is 0 Å². The van der Waals surface area contributed by atoms with Crippen molar-refractivity contribution in [1.82, 2.24) is 0 Å². The zero-order valence-corrected chi connectivity index (χ0v) is 10.8. The number of halogens is 1. The highest BCUT2D eigenvalue weighted by molar-refractivity contribution is 5.46. The van der Waals surface area contributed by atoms with Gasteiger partial charge >= 0.3 is 0 Å². The first kappa shape index (κ1) is 14.4. The highest BCUT2D eigenvalue weighted by Crippen LogP contribution is 2.30. The van der Waals surface area contributed by atoms with Gasteiger partial charge in [0.1, 0.15) is 17.3 Å². The van der Waals surface area contributed by atoms with Gasteiger partial charge in [-0.1, -0.05) is 0 Å². The molecule has 0 amide bonds. The summed E-state index contributed by atoms with van der Waals surface area (Å²) in [6.45, 7) is 1.58. The molecule has 0 aliphatic heterocycles. The molecule has 0 atom stereocenters. The second-order valence-corrected chi connectivity index (χ2v) is 4.21. The van der Waals surface area contributed by atoms with E-state index in [0.29, 0.717) is 5.56 Å². The monoisotopic (exact) mass is 292 g/mol. The Morgan fingerprint density at radius 1 is 1.00 bits per heavy atom. The van der Waals surface area contributed by atoms with Crippen LogP contribution in [0, 0.1) is 33.0 Å². The van der Waals surface area contributed by atoms with E-state index in [0.717, 1.165) is 18.2 Å². The molecule has 21 heavy (non-hydrogen) atoms. The van der Waals surface area contributed by atoms with Crippen LogP contribution in [-0.2, 0) is 0 Å². The molecular formula is C13H9FN2O5. The fourth-order valence-electron chi connectivity index (χ4n) is 1.70. The molecule has 0 saturated heterocycles. The van der Waals surface area contributed by atoms with Gasteiger partial charge in [-0.2, -0.15) is 0 Å². The second kappa shape index (κ2) is 5.53. The van der Waals surface area contributed by atoms with Crippen molar-refractivity contribution in [2.24, 2.45) is 0 Å². The Morgan fingerprint density at radius 3 is 2.24 bits per heavy atom. The van der Waals surface area contributed by atoms with Crippen molar-refractivity contribution >= 4 is 11.4 Å². The summed E-state index contributed by atoms with van der Waals surface area (Å²) < 4.78 is 18.6. The third-order valence-electron chi connectivity index (χ3n) is 2.66. The Morgan fingerprint density at radius 2 is 1.67 bits per heavy atom. The molecule has 0 aliphatic rings. The lowest BCUT2D eigenvalue weighted by Crippen LogP contribution is -1.94. The van der Waals surface area contributed by atoms with E-state index in [2.05, 4.69) is 0 Å². The topological polar surface area (TPSA) is 95.5 Å². The van der Waals surface area contributed by atoms with Crippen LogP contribution in [0.15, 0.2) is 36.4 Å². The van der Waals surface area contributed by atoms with Gasteiger partial charge in [0.2, 0.25) is 0 Å². The Kier molecular flexibility index (Phi) is 3.79. The van der Waals surface area contributed by atoms with Crippen molar-refractivity contribution in [1.29, 1.82) is 0 Å². The molecule has 2 aromatic carbocycles. The molecule has 0 saturated carbocycles. The normalized spacial score (nSPS) is 10.2. The molecule has 0 fully saturated rings. The molecule has 0 bridgehead atoms. The van der Waals surface area contributed by atoms with Crippen LogP contribution in [-0.4, -0.2) is 9.85 Å². The fourth-order valence-corrected chi connectivity index (χ4v) is 1.70. The summed E-state index contributed by atoms with van der Waals surface area (Å²) in [7, 11) is 0. The van der Waals surface area contributed by atoms with Gasteiger partial charge in [0.15, 0.2) is 0 Å². The van der Waals surface area contributed by atoms with Gasteiger partial charge in [-0.05, 0) is 18.6 Å². The molecule has 0 heterocycles. The first-order chi connectivity index (χ1) is 9.86. The van der Waals surface area contributed by atoms with E-state index in [1.54, 1.807) is 6.92 Å². The number of nitro benzene ring substituents is 2. The van der Waals surface area contributed by atoms with Crippen molar-refractivity contribution in [2.45, 2.75) is 6.92 Å². The molecule has 0 aliphatic carbocycles. The number of hydrogen-bond acceptors (Lipinski definition) is 5. The Hall–Kier alpha value is -3.03. The van der Waals surface area contributed by atoms with E-state index in [1.807, 2.05) is 0 Å². The summed E-state index contributed by atoms with van der Waals surface area (Å²) in [5.41, 5.74) is -0.0919. The molecule has 2 rings (SSSR count). The maximum atomic E-state index is 13.3. The van der Waals surface area contributed by atoms with Crippen LogP contribution in [0.5, 0.6) is 11.5 Å². The molecular weight excluding hydrogens is 283 g/mol. The number of non-ortho nitro benzene ring substituents is 2. The molecule has 8 heteroatoms. The highest BCUT2D eigenvalue weighted by Gasteiger charge is 2.13. The second-order valence-electron chi connectivity index (χ2n) is 4.21. The van der Waals surface area contributed by atoms with Crippen molar-refractivity contribution in [3.63, 3.8) is 0 Å². The van der Waals surface area contributed by atoms with E-state index in [1.165, 1.54) is 18.2 Å². The molecule has 2 aromatic rings. The van der Waals surface area contributed by atoms with E-state index in [-0.39, 0.29) is 17.2 Å². The lowest BCUT2D eigenvalue weighted by atomic mass is 10.2. The lowest BCUT2D eigenvalue weighted by Gasteiger charge is -2.08. The SMILES string of the molecule is Cc1cc([N+](=O)[O-])ccc1Oc1cc(F)cc([N+](=O)[O-])c1. The van der Waals surface area contributed by atoms with Crippen molar-refractivity contribution < 1.29 is 19.0 Å². The van der Waals surface area contributed by atoms with Gasteiger partial charge < -0.3 is 4.74 Å². The quantitative estimate of drug-likeness (QED) is 0.631. The summed E-state index contributed by atoms with van der Waals surface area (Å²) in [5, 5.41) is 21.3. The summed E-state index contributed by atoms with van der Waals surface area (Å²) in [6, 6.07) is 6.72. The number of rotatable bonds is 4. The number of aryl methyl sites for hydroxylation is 1. The van der Waals surface area contributed by atoms with E-state index < -0.39 is 21.4 Å². The Labute approximate surface area is 117 Å². The highest BCUT2D eigenvalue weighted by atomic mass is 19.1. The predicted octanol–water partition coefficient (Wildman–Crippen LogP) is 3.74. The van der Waals surface area contributed by atoms with Crippen LogP contribution in [0.4, 0.5) is 15.8 Å². The molecule has 0 aromatic heterocycles. The maximum absolute atomic E-state index is 13.3. The lowest BCUT2D eigenvalue weighted by molar-refractivity contribution is -0.385. The van der Waals surface area contributed by atoms with Crippen LogP contribution in [0.25, 0.3) is 0 Å². The summed E-state index contributed by atoms with van der Waals surface area (Å²) in [6.07, 6.45) is 0. The third-order valence-corrected chi connectivity index (χ3v) is 2.66. The first-order valence-corrected chi connectivity index (χ1v) is 5.74. The molecule has 108 valence electrons. The summed E-state index contributed by atoms with van der Waals surface area (Å²) >= 11 is 0. The zero-order chi connectivity index (χ0) is 15.6. The van der Waals surface area contributed by atoms with E-state index in [4.69, 9.17) is 4.74 Å². The van der Waals surface area contributed by atoms with E-state index >= 15 is 0 Å². The molecule has 0 unspecified atom stereocenters. The number of nitro groups is 2. The van der Waals surface area contributed by atoms with Crippen LogP contribution in [0.2, 0.25) is 0 Å². The first-order valence-electron chi connectivity index (χ1n) is 5.74. The van der Waals surface area contributed by atoms with Gasteiger partial charge in [0, 0.05) is 18.2 Å². The fraction of sp³-hybridized carbons (Fsp3) is 0.0769. The molecule has 0 spiro atoms. The third kappa shape index (κ3) is 3.30. The van der Waals surface area contributed by atoms with Gasteiger partial charge in [-0.3, -0.25) is 20.2 Å². The van der Waals surface area contributed by atoms with Crippen molar-refractivity contribution in [2.75, 3.05) is 0 Å². The van der Waals surface area contributed by atoms with Crippen molar-refractivity contribution in [3.8, 4) is 11.5 Å². The smallest absolute Gasteiger partial charge is 0.276 e. The van der Waals surface area contributed by atoms with Gasteiger partial charge in [0.25, 0.3) is 11.4 Å². The average Bonchev–Trinajstić information content (AvgIpc) is 2.40. The Balaban J connectivity index is 2.34. The standard InChI is InChI=1S/C13H9FN2O5/c1-8-4-10(15(17)18)2-3-13(8)21-12-6-9(14)5-11(7-12)16(19)20/h2-7H,1H3. The van der Waals surface area contributed by atoms with Crippen LogP contribution >= 0.6 is 0 Å². The van der Waals surface area contributed by atoms with Crippen molar-refractivity contribution in [3.05, 3.63) is 68.0 Å². The van der Waals surface area contributed by atoms with Gasteiger partial charge in [-0.15, -0.1) is 0 Å². The summed E-state index contributed by atoms with van der Waals surface area (Å²) in [4.78, 5) is 20.0. The zero-order valence-electron chi connectivity index (χ0n) is 10.8. The maximum Gasteiger partial charge on any atom is 0.276 e. The number of nitrogens with zero attached hydrogens (tertiary/aromatic N) is 2. The number of hydrogen-bond donors (Lipinski definition) is 0. The van der Waals surface area contributed by atoms with E-state index in [9.17, 15) is 24.6 Å². The number of ether oxygens (including phenoxy) is 1. The van der Waals surface area contributed by atoms with Gasteiger partial charge in [0.05, 0.1) is 22.0 Å². The van der Waals surface area contributed by atoms with Crippen LogP contribution < -0.4 is 4.74 Å². The average molecular weight is 292 g/mol. The van der Waals surface area contributed by atoms with Gasteiger partial charge in [-0.25, -0.2) is 4.39 Å². The van der Waals surface area contributed by atoms with Crippen LogP contribution in [0.1, 0.15) is 5.56 Å². The predicted molar refractivity (Wildman–Crippen MR) is 71.0 cm³/mol. The minimum atomic E-state index is -0.807. The largest absolute Gasteiger partial charge is 0.457 e. The molecule has 0 radical (unpaired) electrons. The summed E-state index contributed by atoms with van der Waals surface area (Å²) in [5.74, 6) is -0.613. The molecule has 7 nitrogen and oxygen atoms in total. The Bertz CT molecular complexity index is 732.